The van der Waals surface area contributed by atoms with Crippen molar-refractivity contribution in [2.75, 3.05) is 10.0 Å². The first-order valence-electron chi connectivity index (χ1n) is 7.58. The molecule has 1 heterocycles. The van der Waals surface area contributed by atoms with Crippen molar-refractivity contribution in [2.24, 2.45) is 0 Å². The Kier molecular flexibility index (Phi) is 5.64. The summed E-state index contributed by atoms with van der Waals surface area (Å²) in [6, 6.07) is 13.4. The first-order valence-corrected chi connectivity index (χ1v) is 11.1. The van der Waals surface area contributed by atoms with Gasteiger partial charge in [-0.05, 0) is 76.9 Å². The number of carbonyl (C=O) groups excluding carboxylic acids is 1. The third-order valence-electron chi connectivity index (χ3n) is 3.55. The normalized spacial score (nSPS) is 11.2. The standard InChI is InChI=1S/C18H15IN2O3S2/c1-12-5-6-16(19)17(9-12)21-26(23,24)15-4-2-3-14(10-15)20-18(22)13-7-8-25-11-13/h2-11,21H,1H3,(H,20,22). The van der Waals surface area contributed by atoms with Crippen LogP contribution in [0.4, 0.5) is 11.4 Å². The lowest BCUT2D eigenvalue weighted by atomic mass is 10.2. The number of aryl methyl sites for hydroxylation is 1. The quantitative estimate of drug-likeness (QED) is 0.501. The molecule has 1 amide bonds. The van der Waals surface area contributed by atoms with Gasteiger partial charge in [-0.2, -0.15) is 11.3 Å². The molecule has 0 aliphatic carbocycles. The first-order chi connectivity index (χ1) is 12.3. The van der Waals surface area contributed by atoms with Gasteiger partial charge in [-0.3, -0.25) is 9.52 Å². The second kappa shape index (κ2) is 7.77. The summed E-state index contributed by atoms with van der Waals surface area (Å²) in [4.78, 5) is 12.2. The van der Waals surface area contributed by atoms with Gasteiger partial charge < -0.3 is 5.32 Å². The average Bonchev–Trinajstić information content (AvgIpc) is 3.13. The monoisotopic (exact) mass is 498 g/mol. The first kappa shape index (κ1) is 18.9. The Labute approximate surface area is 169 Å². The van der Waals surface area contributed by atoms with E-state index in [9.17, 15) is 13.2 Å². The number of anilines is 2. The molecule has 5 nitrogen and oxygen atoms in total. The minimum absolute atomic E-state index is 0.0814. The highest BCUT2D eigenvalue weighted by Crippen LogP contribution is 2.24. The van der Waals surface area contributed by atoms with E-state index < -0.39 is 10.0 Å². The van der Waals surface area contributed by atoms with E-state index in [1.54, 1.807) is 29.6 Å². The lowest BCUT2D eigenvalue weighted by molar-refractivity contribution is 0.102. The maximum absolute atomic E-state index is 12.7. The summed E-state index contributed by atoms with van der Waals surface area (Å²) in [7, 11) is -3.77. The van der Waals surface area contributed by atoms with Crippen LogP contribution in [-0.2, 0) is 10.0 Å². The zero-order chi connectivity index (χ0) is 18.7. The second-order valence-electron chi connectivity index (χ2n) is 5.58. The van der Waals surface area contributed by atoms with Gasteiger partial charge in [0.2, 0.25) is 0 Å². The van der Waals surface area contributed by atoms with Crippen molar-refractivity contribution in [3.8, 4) is 0 Å². The highest BCUT2D eigenvalue weighted by molar-refractivity contribution is 14.1. The molecule has 3 rings (SSSR count). The fourth-order valence-electron chi connectivity index (χ4n) is 2.26. The lowest BCUT2D eigenvalue weighted by Gasteiger charge is -2.12. The number of hydrogen-bond acceptors (Lipinski definition) is 4. The Balaban J connectivity index is 1.84. The summed E-state index contributed by atoms with van der Waals surface area (Å²) in [5, 5.41) is 6.26. The maximum atomic E-state index is 12.7. The van der Waals surface area contributed by atoms with Crippen LogP contribution in [0, 0.1) is 10.5 Å². The molecule has 2 N–H and O–H groups in total. The van der Waals surface area contributed by atoms with Crippen LogP contribution in [0.5, 0.6) is 0 Å². The number of sulfonamides is 1. The summed E-state index contributed by atoms with van der Waals surface area (Å²) in [5.74, 6) is -0.276. The van der Waals surface area contributed by atoms with Gasteiger partial charge in [-0.1, -0.05) is 12.1 Å². The van der Waals surface area contributed by atoms with E-state index in [2.05, 4.69) is 32.6 Å². The highest BCUT2D eigenvalue weighted by atomic mass is 127. The van der Waals surface area contributed by atoms with Crippen LogP contribution in [0.25, 0.3) is 0 Å². The van der Waals surface area contributed by atoms with E-state index in [1.165, 1.54) is 23.5 Å². The van der Waals surface area contributed by atoms with Gasteiger partial charge in [0, 0.05) is 14.6 Å². The molecule has 3 aromatic rings. The molecule has 134 valence electrons. The van der Waals surface area contributed by atoms with Crippen LogP contribution in [0.2, 0.25) is 0 Å². The third kappa shape index (κ3) is 4.43. The van der Waals surface area contributed by atoms with E-state index in [0.29, 0.717) is 16.9 Å². The maximum Gasteiger partial charge on any atom is 0.262 e. The molecule has 0 atom stereocenters. The van der Waals surface area contributed by atoms with Gasteiger partial charge in [0.05, 0.1) is 16.1 Å². The average molecular weight is 498 g/mol. The van der Waals surface area contributed by atoms with Crippen LogP contribution < -0.4 is 10.0 Å². The van der Waals surface area contributed by atoms with Gasteiger partial charge in [-0.15, -0.1) is 0 Å². The molecule has 8 heteroatoms. The van der Waals surface area contributed by atoms with Crippen molar-refractivity contribution in [3.05, 3.63) is 74.0 Å². The van der Waals surface area contributed by atoms with Crippen molar-refractivity contribution in [3.63, 3.8) is 0 Å². The van der Waals surface area contributed by atoms with Crippen molar-refractivity contribution >= 4 is 61.2 Å². The van der Waals surface area contributed by atoms with E-state index in [1.807, 2.05) is 24.4 Å². The number of thiophene rings is 1. The van der Waals surface area contributed by atoms with Gasteiger partial charge >= 0.3 is 0 Å². The molecule has 0 spiro atoms. The van der Waals surface area contributed by atoms with E-state index >= 15 is 0 Å². The zero-order valence-electron chi connectivity index (χ0n) is 13.7. The third-order valence-corrected chi connectivity index (χ3v) is 6.54. The lowest BCUT2D eigenvalue weighted by Crippen LogP contribution is -2.15. The minimum Gasteiger partial charge on any atom is -0.322 e. The largest absolute Gasteiger partial charge is 0.322 e. The predicted molar refractivity (Wildman–Crippen MR) is 113 cm³/mol. The van der Waals surface area contributed by atoms with Gasteiger partial charge in [-0.25, -0.2) is 8.42 Å². The van der Waals surface area contributed by atoms with E-state index in [0.717, 1.165) is 9.13 Å². The second-order valence-corrected chi connectivity index (χ2v) is 9.21. The van der Waals surface area contributed by atoms with Crippen LogP contribution in [0.15, 0.2) is 64.2 Å². The van der Waals surface area contributed by atoms with Crippen LogP contribution in [0.3, 0.4) is 0 Å². The highest BCUT2D eigenvalue weighted by Gasteiger charge is 2.17. The summed E-state index contributed by atoms with van der Waals surface area (Å²) < 4.78 is 28.8. The number of benzene rings is 2. The minimum atomic E-state index is -3.77. The van der Waals surface area contributed by atoms with E-state index in [-0.39, 0.29) is 10.8 Å². The topological polar surface area (TPSA) is 75.3 Å². The molecule has 2 aromatic carbocycles. The molecule has 0 fully saturated rings. The van der Waals surface area contributed by atoms with Crippen LogP contribution >= 0.6 is 33.9 Å². The Bertz CT molecular complexity index is 1050. The fourth-order valence-corrected chi connectivity index (χ4v) is 4.66. The Morgan fingerprint density at radius 3 is 2.65 bits per heavy atom. The van der Waals surface area contributed by atoms with Crippen LogP contribution in [-0.4, -0.2) is 14.3 Å². The molecular weight excluding hydrogens is 483 g/mol. The van der Waals surface area contributed by atoms with Gasteiger partial charge in [0.1, 0.15) is 0 Å². The molecule has 26 heavy (non-hydrogen) atoms. The van der Waals surface area contributed by atoms with Crippen molar-refractivity contribution in [2.45, 2.75) is 11.8 Å². The number of nitrogens with one attached hydrogen (secondary N) is 2. The zero-order valence-corrected chi connectivity index (χ0v) is 17.5. The van der Waals surface area contributed by atoms with Gasteiger partial charge in [0.25, 0.3) is 15.9 Å². The summed E-state index contributed by atoms with van der Waals surface area (Å²) >= 11 is 3.50. The molecule has 0 unspecified atom stereocenters. The molecule has 0 saturated heterocycles. The Hall–Kier alpha value is -1.91. The molecule has 1 aromatic heterocycles. The number of rotatable bonds is 5. The Morgan fingerprint density at radius 1 is 1.12 bits per heavy atom. The van der Waals surface area contributed by atoms with Crippen molar-refractivity contribution in [1.29, 1.82) is 0 Å². The Morgan fingerprint density at radius 2 is 1.92 bits per heavy atom. The van der Waals surface area contributed by atoms with Gasteiger partial charge in [0.15, 0.2) is 0 Å². The molecular formula is C18H15IN2O3S2. The fraction of sp³-hybridized carbons (Fsp3) is 0.0556. The van der Waals surface area contributed by atoms with Crippen LogP contribution in [0.1, 0.15) is 15.9 Å². The smallest absolute Gasteiger partial charge is 0.262 e. The summed E-state index contributed by atoms with van der Waals surface area (Å²) in [5.41, 5.74) is 2.44. The summed E-state index contributed by atoms with van der Waals surface area (Å²) in [6.07, 6.45) is 0. The summed E-state index contributed by atoms with van der Waals surface area (Å²) in [6.45, 7) is 1.90. The number of hydrogen-bond donors (Lipinski definition) is 2. The van der Waals surface area contributed by atoms with Crippen molar-refractivity contribution in [1.82, 2.24) is 0 Å². The van der Waals surface area contributed by atoms with E-state index in [4.69, 9.17) is 0 Å². The molecule has 0 radical (unpaired) electrons. The molecule has 0 aliphatic heterocycles. The molecule has 0 aliphatic rings. The molecule has 0 saturated carbocycles. The number of halogens is 1. The van der Waals surface area contributed by atoms with Crippen molar-refractivity contribution < 1.29 is 13.2 Å². The molecule has 0 bridgehead atoms. The SMILES string of the molecule is Cc1ccc(I)c(NS(=O)(=O)c2cccc(NC(=O)c3ccsc3)c2)c1. The predicted octanol–water partition coefficient (Wildman–Crippen LogP) is 4.71. The number of amides is 1. The number of carbonyl (C=O) groups is 1.